The van der Waals surface area contributed by atoms with Gasteiger partial charge in [0.2, 0.25) is 0 Å². The summed E-state index contributed by atoms with van der Waals surface area (Å²) in [5, 5.41) is 3.49. The maximum Gasteiger partial charge on any atom is 0.166 e. The third-order valence-electron chi connectivity index (χ3n) is 3.87. The number of rotatable bonds is 10. The lowest BCUT2D eigenvalue weighted by Crippen LogP contribution is -2.37. The van der Waals surface area contributed by atoms with Gasteiger partial charge in [0, 0.05) is 25.2 Å². The predicted molar refractivity (Wildman–Crippen MR) is 92.3 cm³/mol. The second-order valence-corrected chi connectivity index (χ2v) is 5.53. The normalized spacial score (nSPS) is 15.3. The van der Waals surface area contributed by atoms with E-state index >= 15 is 0 Å². The quantitative estimate of drug-likeness (QED) is 0.528. The van der Waals surface area contributed by atoms with Crippen LogP contribution < -0.4 is 14.8 Å². The second-order valence-electron chi connectivity index (χ2n) is 5.53. The Balaban J connectivity index is 1.76. The van der Waals surface area contributed by atoms with Gasteiger partial charge in [0.1, 0.15) is 6.61 Å². The smallest absolute Gasteiger partial charge is 0.166 e. The molecule has 0 radical (unpaired) electrons. The van der Waals surface area contributed by atoms with Crippen molar-refractivity contribution in [2.45, 2.75) is 13.0 Å². The molecule has 1 aliphatic heterocycles. The minimum absolute atomic E-state index is 0.477. The fraction of sp³-hybridized carbons (Fsp3) is 0.556. The van der Waals surface area contributed by atoms with Gasteiger partial charge in [-0.15, -0.1) is 0 Å². The van der Waals surface area contributed by atoms with E-state index in [0.29, 0.717) is 6.61 Å². The zero-order chi connectivity index (χ0) is 16.3. The van der Waals surface area contributed by atoms with E-state index in [-0.39, 0.29) is 0 Å². The molecule has 0 bridgehead atoms. The lowest BCUT2D eigenvalue weighted by molar-refractivity contribution is 0.0374. The number of benzene rings is 1. The minimum Gasteiger partial charge on any atom is -0.493 e. The fourth-order valence-electron chi connectivity index (χ4n) is 2.64. The molecule has 1 fully saturated rings. The van der Waals surface area contributed by atoms with Crippen LogP contribution >= 0.6 is 0 Å². The van der Waals surface area contributed by atoms with E-state index in [1.54, 1.807) is 13.2 Å². The first-order chi connectivity index (χ1) is 11.3. The molecular weight excluding hydrogens is 292 g/mol. The number of methoxy groups -OCH3 is 1. The summed E-state index contributed by atoms with van der Waals surface area (Å²) in [4.78, 5) is 2.45. The molecule has 0 spiro atoms. The summed E-state index contributed by atoms with van der Waals surface area (Å²) in [6, 6.07) is 5.97. The topological polar surface area (TPSA) is 43.0 Å². The van der Waals surface area contributed by atoms with Crippen molar-refractivity contribution in [3.63, 3.8) is 0 Å². The highest BCUT2D eigenvalue weighted by atomic mass is 16.5. The third kappa shape index (κ3) is 5.86. The first-order valence-corrected chi connectivity index (χ1v) is 8.25. The number of morpholine rings is 1. The average molecular weight is 320 g/mol. The molecule has 0 aromatic heterocycles. The summed E-state index contributed by atoms with van der Waals surface area (Å²) in [7, 11) is 1.66. The first kappa shape index (κ1) is 17.8. The van der Waals surface area contributed by atoms with Gasteiger partial charge in [0.15, 0.2) is 11.5 Å². The SMILES string of the molecule is C=CCOc1c(CNCCCN2CCOCC2)cccc1OC. The van der Waals surface area contributed by atoms with Gasteiger partial charge in [-0.2, -0.15) is 0 Å². The van der Waals surface area contributed by atoms with E-state index in [1.807, 2.05) is 12.1 Å². The Morgan fingerprint density at radius 1 is 1.35 bits per heavy atom. The summed E-state index contributed by atoms with van der Waals surface area (Å²) in [5.41, 5.74) is 1.11. The highest BCUT2D eigenvalue weighted by Gasteiger charge is 2.11. The molecule has 0 unspecified atom stereocenters. The van der Waals surface area contributed by atoms with Gasteiger partial charge in [0.25, 0.3) is 0 Å². The Kier molecular flexibility index (Phi) is 7.93. The van der Waals surface area contributed by atoms with Crippen molar-refractivity contribution in [3.8, 4) is 11.5 Å². The van der Waals surface area contributed by atoms with Gasteiger partial charge in [-0.05, 0) is 25.6 Å². The number of ether oxygens (including phenoxy) is 3. The highest BCUT2D eigenvalue weighted by Crippen LogP contribution is 2.31. The van der Waals surface area contributed by atoms with Crippen molar-refractivity contribution in [1.82, 2.24) is 10.2 Å². The average Bonchev–Trinajstić information content (AvgIpc) is 2.60. The molecule has 0 saturated carbocycles. The number of hydrogen-bond acceptors (Lipinski definition) is 5. The molecule has 1 heterocycles. The van der Waals surface area contributed by atoms with Crippen LogP contribution in [0.25, 0.3) is 0 Å². The van der Waals surface area contributed by atoms with E-state index in [1.165, 1.54) is 0 Å². The lowest BCUT2D eigenvalue weighted by Gasteiger charge is -2.26. The molecule has 0 aliphatic carbocycles. The summed E-state index contributed by atoms with van der Waals surface area (Å²) >= 11 is 0. The number of hydrogen-bond donors (Lipinski definition) is 1. The molecule has 1 saturated heterocycles. The van der Waals surface area contributed by atoms with Crippen molar-refractivity contribution in [2.24, 2.45) is 0 Å². The van der Waals surface area contributed by atoms with Crippen molar-refractivity contribution in [1.29, 1.82) is 0 Å². The molecule has 0 amide bonds. The zero-order valence-corrected chi connectivity index (χ0v) is 14.1. The Bertz CT molecular complexity index is 473. The standard InChI is InChI=1S/C18H28N2O3/c1-3-12-23-18-16(6-4-7-17(18)21-2)15-19-8-5-9-20-10-13-22-14-11-20/h3-4,6-7,19H,1,5,8-15H2,2H3. The Labute approximate surface area is 139 Å². The Hall–Kier alpha value is -1.56. The maximum absolute atomic E-state index is 5.76. The van der Waals surface area contributed by atoms with Crippen molar-refractivity contribution >= 4 is 0 Å². The van der Waals surface area contributed by atoms with Crippen LogP contribution in [-0.2, 0) is 11.3 Å². The van der Waals surface area contributed by atoms with Gasteiger partial charge in [-0.3, -0.25) is 4.90 Å². The molecule has 5 heteroatoms. The van der Waals surface area contributed by atoms with Crippen LogP contribution in [0.15, 0.2) is 30.9 Å². The summed E-state index contributed by atoms with van der Waals surface area (Å²) in [5.74, 6) is 1.56. The van der Waals surface area contributed by atoms with E-state index in [2.05, 4.69) is 22.9 Å². The molecular formula is C18H28N2O3. The fourth-order valence-corrected chi connectivity index (χ4v) is 2.64. The van der Waals surface area contributed by atoms with Crippen LogP contribution in [0.4, 0.5) is 0 Å². The van der Waals surface area contributed by atoms with E-state index < -0.39 is 0 Å². The molecule has 23 heavy (non-hydrogen) atoms. The van der Waals surface area contributed by atoms with Crippen LogP contribution in [0.1, 0.15) is 12.0 Å². The minimum atomic E-state index is 0.477. The largest absolute Gasteiger partial charge is 0.493 e. The molecule has 0 atom stereocenters. The molecule has 128 valence electrons. The van der Waals surface area contributed by atoms with E-state index in [9.17, 15) is 0 Å². The number of nitrogens with one attached hydrogen (secondary N) is 1. The van der Waals surface area contributed by atoms with Crippen LogP contribution in [0.2, 0.25) is 0 Å². The molecule has 1 N–H and O–H groups in total. The van der Waals surface area contributed by atoms with Crippen LogP contribution in [-0.4, -0.2) is 58.0 Å². The number of para-hydroxylation sites is 1. The maximum atomic E-state index is 5.76. The monoisotopic (exact) mass is 320 g/mol. The summed E-state index contributed by atoms with van der Waals surface area (Å²) in [6.45, 7) is 10.9. The zero-order valence-electron chi connectivity index (χ0n) is 14.1. The van der Waals surface area contributed by atoms with Gasteiger partial charge < -0.3 is 19.5 Å². The van der Waals surface area contributed by atoms with E-state index in [4.69, 9.17) is 14.2 Å². The predicted octanol–water partition coefficient (Wildman–Crippen LogP) is 2.07. The second kappa shape index (κ2) is 10.3. The molecule has 1 aliphatic rings. The van der Waals surface area contributed by atoms with E-state index in [0.717, 1.165) is 69.4 Å². The number of nitrogens with zero attached hydrogens (tertiary/aromatic N) is 1. The first-order valence-electron chi connectivity index (χ1n) is 8.25. The van der Waals surface area contributed by atoms with Crippen LogP contribution in [0.5, 0.6) is 11.5 Å². The van der Waals surface area contributed by atoms with Crippen molar-refractivity contribution in [2.75, 3.05) is 53.1 Å². The third-order valence-corrected chi connectivity index (χ3v) is 3.87. The molecule has 1 aromatic rings. The van der Waals surface area contributed by atoms with Crippen LogP contribution in [0.3, 0.4) is 0 Å². The van der Waals surface area contributed by atoms with Crippen LogP contribution in [0, 0.1) is 0 Å². The Morgan fingerprint density at radius 3 is 2.91 bits per heavy atom. The highest BCUT2D eigenvalue weighted by molar-refractivity contribution is 5.46. The molecule has 1 aromatic carbocycles. The van der Waals surface area contributed by atoms with Gasteiger partial charge in [-0.25, -0.2) is 0 Å². The van der Waals surface area contributed by atoms with Crippen molar-refractivity contribution < 1.29 is 14.2 Å². The van der Waals surface area contributed by atoms with Gasteiger partial charge >= 0.3 is 0 Å². The lowest BCUT2D eigenvalue weighted by atomic mass is 10.2. The molecule has 5 nitrogen and oxygen atoms in total. The summed E-state index contributed by atoms with van der Waals surface area (Å²) in [6.07, 6.45) is 2.87. The van der Waals surface area contributed by atoms with Gasteiger partial charge in [0.05, 0.1) is 20.3 Å². The Morgan fingerprint density at radius 2 is 2.17 bits per heavy atom. The molecule has 2 rings (SSSR count). The summed E-state index contributed by atoms with van der Waals surface area (Å²) < 4.78 is 16.5. The van der Waals surface area contributed by atoms with Crippen molar-refractivity contribution in [3.05, 3.63) is 36.4 Å². The van der Waals surface area contributed by atoms with Gasteiger partial charge in [-0.1, -0.05) is 24.8 Å².